The van der Waals surface area contributed by atoms with Crippen molar-refractivity contribution >= 4 is 18.1 Å². The molecule has 1 aromatic rings. The van der Waals surface area contributed by atoms with Crippen LogP contribution in [0.2, 0.25) is 0 Å². The van der Waals surface area contributed by atoms with Crippen molar-refractivity contribution in [3.8, 4) is 0 Å². The first-order valence-electron chi connectivity index (χ1n) is 7.33. The summed E-state index contributed by atoms with van der Waals surface area (Å²) in [5, 5.41) is 0. The first kappa shape index (κ1) is 16.3. The van der Waals surface area contributed by atoms with Crippen molar-refractivity contribution in [2.75, 3.05) is 18.0 Å². The Morgan fingerprint density at radius 3 is 2.53 bits per heavy atom. The van der Waals surface area contributed by atoms with Gasteiger partial charge in [-0.1, -0.05) is 25.5 Å². The molecule has 0 aromatic heterocycles. The zero-order valence-electron chi connectivity index (χ0n) is 12.2. The molecule has 1 atom stereocenters. The van der Waals surface area contributed by atoms with E-state index in [0.717, 1.165) is 12.8 Å². The fraction of sp³-hybridized carbons (Fsp3) is 0.625. The fourth-order valence-corrected chi connectivity index (χ4v) is 2.84. The normalized spacial score (nSPS) is 16.9. The number of halogens is 1. The molecule has 108 valence electrons. The van der Waals surface area contributed by atoms with Crippen LogP contribution in [0.15, 0.2) is 18.2 Å². The Labute approximate surface area is 123 Å². The van der Waals surface area contributed by atoms with Gasteiger partial charge in [0.15, 0.2) is 0 Å². The third-order valence-corrected chi connectivity index (χ3v) is 3.88. The van der Waals surface area contributed by atoms with E-state index in [0.29, 0.717) is 0 Å². The standard InChI is InChI=1S/C16H26N2.ClH/c1-3-7-15(17)14-9-8-13(2)12-16(14)18-10-5-4-6-11-18;/h8-9,12,15H,3-7,10-11,17H2,1-2H3;1H. The number of piperidine rings is 1. The van der Waals surface area contributed by atoms with Gasteiger partial charge < -0.3 is 10.6 Å². The highest BCUT2D eigenvalue weighted by Crippen LogP contribution is 2.30. The highest BCUT2D eigenvalue weighted by atomic mass is 35.5. The highest BCUT2D eigenvalue weighted by Gasteiger charge is 2.17. The first-order valence-corrected chi connectivity index (χ1v) is 7.33. The molecule has 1 aliphatic rings. The van der Waals surface area contributed by atoms with Crippen molar-refractivity contribution in [1.82, 2.24) is 0 Å². The van der Waals surface area contributed by atoms with Gasteiger partial charge in [0.25, 0.3) is 0 Å². The molecule has 3 heteroatoms. The van der Waals surface area contributed by atoms with Crippen LogP contribution in [0.5, 0.6) is 0 Å². The van der Waals surface area contributed by atoms with Gasteiger partial charge in [0, 0.05) is 24.8 Å². The van der Waals surface area contributed by atoms with Crippen LogP contribution in [0.4, 0.5) is 5.69 Å². The van der Waals surface area contributed by atoms with Gasteiger partial charge in [0.2, 0.25) is 0 Å². The van der Waals surface area contributed by atoms with Gasteiger partial charge in [-0.3, -0.25) is 0 Å². The molecule has 1 saturated heterocycles. The van der Waals surface area contributed by atoms with Crippen molar-refractivity contribution in [1.29, 1.82) is 0 Å². The van der Waals surface area contributed by atoms with Gasteiger partial charge in [-0.05, 0) is 49.8 Å². The Bertz CT molecular complexity index is 386. The Balaban J connectivity index is 0.00000180. The second-order valence-electron chi connectivity index (χ2n) is 5.51. The van der Waals surface area contributed by atoms with E-state index in [1.165, 1.54) is 49.2 Å². The van der Waals surface area contributed by atoms with Gasteiger partial charge in [0.1, 0.15) is 0 Å². The Morgan fingerprint density at radius 1 is 1.21 bits per heavy atom. The molecule has 0 saturated carbocycles. The lowest BCUT2D eigenvalue weighted by atomic mass is 9.97. The van der Waals surface area contributed by atoms with Crippen LogP contribution in [-0.2, 0) is 0 Å². The van der Waals surface area contributed by atoms with Crippen molar-refractivity contribution in [2.45, 2.75) is 52.0 Å². The molecule has 1 heterocycles. The Kier molecular flexibility index (Phi) is 6.67. The van der Waals surface area contributed by atoms with E-state index in [2.05, 4.69) is 36.9 Å². The van der Waals surface area contributed by atoms with E-state index in [1.54, 1.807) is 0 Å². The summed E-state index contributed by atoms with van der Waals surface area (Å²) in [5.41, 5.74) is 10.4. The lowest BCUT2D eigenvalue weighted by Gasteiger charge is -2.32. The second kappa shape index (κ2) is 7.76. The van der Waals surface area contributed by atoms with E-state index in [9.17, 15) is 0 Å². The number of hydrogen-bond donors (Lipinski definition) is 1. The smallest absolute Gasteiger partial charge is 0.0417 e. The monoisotopic (exact) mass is 282 g/mol. The highest BCUT2D eigenvalue weighted by molar-refractivity contribution is 5.85. The summed E-state index contributed by atoms with van der Waals surface area (Å²) in [7, 11) is 0. The summed E-state index contributed by atoms with van der Waals surface area (Å²) in [6.45, 7) is 6.75. The zero-order chi connectivity index (χ0) is 13.0. The molecule has 2 nitrogen and oxygen atoms in total. The summed E-state index contributed by atoms with van der Waals surface area (Å²) in [4.78, 5) is 2.53. The first-order chi connectivity index (χ1) is 8.72. The third kappa shape index (κ3) is 4.12. The Morgan fingerprint density at radius 2 is 1.89 bits per heavy atom. The van der Waals surface area contributed by atoms with E-state index in [-0.39, 0.29) is 18.4 Å². The van der Waals surface area contributed by atoms with E-state index < -0.39 is 0 Å². The summed E-state index contributed by atoms with van der Waals surface area (Å²) in [6, 6.07) is 6.93. The quantitative estimate of drug-likeness (QED) is 0.896. The van der Waals surface area contributed by atoms with Gasteiger partial charge >= 0.3 is 0 Å². The predicted octanol–water partition coefficient (Wildman–Crippen LogP) is 4.21. The lowest BCUT2D eigenvalue weighted by Crippen LogP contribution is -2.31. The summed E-state index contributed by atoms with van der Waals surface area (Å²) in [5.74, 6) is 0. The average Bonchev–Trinajstić information content (AvgIpc) is 2.40. The van der Waals surface area contributed by atoms with Crippen LogP contribution in [-0.4, -0.2) is 13.1 Å². The van der Waals surface area contributed by atoms with Crippen molar-refractivity contribution < 1.29 is 0 Å². The number of anilines is 1. The third-order valence-electron chi connectivity index (χ3n) is 3.88. The maximum Gasteiger partial charge on any atom is 0.0417 e. The molecular formula is C16H27ClN2. The molecule has 0 radical (unpaired) electrons. The molecule has 1 unspecified atom stereocenters. The van der Waals surface area contributed by atoms with Gasteiger partial charge in [0.05, 0.1) is 0 Å². The minimum atomic E-state index is 0. The summed E-state index contributed by atoms with van der Waals surface area (Å²) < 4.78 is 0. The number of benzene rings is 1. The van der Waals surface area contributed by atoms with E-state index >= 15 is 0 Å². The molecular weight excluding hydrogens is 256 g/mol. The van der Waals surface area contributed by atoms with Crippen LogP contribution >= 0.6 is 12.4 Å². The van der Waals surface area contributed by atoms with Crippen molar-refractivity contribution in [3.63, 3.8) is 0 Å². The molecule has 0 aliphatic carbocycles. The molecule has 0 spiro atoms. The minimum Gasteiger partial charge on any atom is -0.371 e. The molecule has 0 amide bonds. The topological polar surface area (TPSA) is 29.3 Å². The Hall–Kier alpha value is -0.730. The zero-order valence-corrected chi connectivity index (χ0v) is 13.0. The minimum absolute atomic E-state index is 0. The van der Waals surface area contributed by atoms with Crippen molar-refractivity contribution in [2.24, 2.45) is 5.73 Å². The number of hydrogen-bond acceptors (Lipinski definition) is 2. The molecule has 1 aliphatic heterocycles. The number of rotatable bonds is 4. The summed E-state index contributed by atoms with van der Waals surface area (Å²) >= 11 is 0. The molecule has 2 rings (SSSR count). The van der Waals surface area contributed by atoms with Crippen LogP contribution in [0.25, 0.3) is 0 Å². The number of aryl methyl sites for hydroxylation is 1. The molecule has 0 bridgehead atoms. The van der Waals surface area contributed by atoms with Gasteiger partial charge in [-0.2, -0.15) is 0 Å². The van der Waals surface area contributed by atoms with Crippen molar-refractivity contribution in [3.05, 3.63) is 29.3 Å². The second-order valence-corrected chi connectivity index (χ2v) is 5.51. The molecule has 19 heavy (non-hydrogen) atoms. The average molecular weight is 283 g/mol. The van der Waals surface area contributed by atoms with Gasteiger partial charge in [-0.25, -0.2) is 0 Å². The maximum atomic E-state index is 6.34. The summed E-state index contributed by atoms with van der Waals surface area (Å²) in [6.07, 6.45) is 6.23. The lowest BCUT2D eigenvalue weighted by molar-refractivity contribution is 0.570. The fourth-order valence-electron chi connectivity index (χ4n) is 2.84. The van der Waals surface area contributed by atoms with Crippen LogP contribution in [0.3, 0.4) is 0 Å². The molecule has 1 aromatic carbocycles. The maximum absolute atomic E-state index is 6.34. The van der Waals surface area contributed by atoms with Gasteiger partial charge in [-0.15, -0.1) is 12.4 Å². The largest absolute Gasteiger partial charge is 0.371 e. The molecule has 2 N–H and O–H groups in total. The number of nitrogens with two attached hydrogens (primary N) is 1. The van der Waals surface area contributed by atoms with E-state index in [1.807, 2.05) is 0 Å². The molecule has 1 fully saturated rings. The van der Waals surface area contributed by atoms with Crippen LogP contribution in [0.1, 0.15) is 56.2 Å². The SMILES string of the molecule is CCCC(N)c1ccc(C)cc1N1CCCCC1.Cl. The number of nitrogens with zero attached hydrogens (tertiary/aromatic N) is 1. The van der Waals surface area contributed by atoms with E-state index in [4.69, 9.17) is 5.73 Å². The van der Waals surface area contributed by atoms with Crippen LogP contribution in [0, 0.1) is 6.92 Å². The predicted molar refractivity (Wildman–Crippen MR) is 86.3 cm³/mol. The van der Waals surface area contributed by atoms with Crippen LogP contribution < -0.4 is 10.6 Å².